The molecule has 5 aliphatic heterocycles. The molecule has 5 aliphatic rings. The van der Waals surface area contributed by atoms with E-state index in [9.17, 15) is 106 Å². The monoisotopic (exact) mass is 1520 g/mol. The molecule has 5 heterocycles. The lowest BCUT2D eigenvalue weighted by Crippen LogP contribution is -2.71. The SMILES string of the molecule is CCCCCCCCCCCCC/C=C/[C@@H](O)[C@H](CO[C@@H]1OC(CO)[C@@H](O[C@@H]2OC(CO)[C@H](O)[C@H](O[C@@H]3OC(CO[C@]4(C(=O)O)CC(O)[C@@H](NC(C)=O)C([C@H](O)[C@H](O)CO)O4)[C@@H](O)[C@H](O[C@@H]4OC(CO)[C@H](O)[C@H](O)C4O)C3NC(C)=O)C2O)[C@H](O)C1O)NC(=O)CCCCCCCCCCCCCCC. The number of ether oxygens (including phenoxy) is 10. The zero-order chi connectivity index (χ0) is 77.3. The van der Waals surface area contributed by atoms with Crippen LogP contribution in [0.2, 0.25) is 0 Å². The first kappa shape index (κ1) is 92.2. The lowest BCUT2D eigenvalue weighted by atomic mass is 9.88. The third-order valence-corrected chi connectivity index (χ3v) is 20.1. The number of aliphatic carboxylic acids is 1. The Morgan fingerprint density at radius 1 is 0.505 bits per heavy atom. The molecular weight excluding hydrogens is 1390 g/mol. The largest absolute Gasteiger partial charge is 0.477 e. The van der Waals surface area contributed by atoms with Gasteiger partial charge in [-0.25, -0.2) is 4.79 Å². The van der Waals surface area contributed by atoms with E-state index < -0.39 is 235 Å². The van der Waals surface area contributed by atoms with Gasteiger partial charge < -0.3 is 150 Å². The minimum absolute atomic E-state index is 0.157. The summed E-state index contributed by atoms with van der Waals surface area (Å²) in [7, 11) is 0. The van der Waals surface area contributed by atoms with Gasteiger partial charge in [0.15, 0.2) is 25.2 Å². The maximum atomic E-state index is 13.5. The van der Waals surface area contributed by atoms with Gasteiger partial charge in [0.2, 0.25) is 17.7 Å². The first-order chi connectivity index (χ1) is 50.2. The highest BCUT2D eigenvalue weighted by atomic mass is 16.8. The number of rotatable bonds is 50. The van der Waals surface area contributed by atoms with Crippen LogP contribution in [0.25, 0.3) is 0 Å². The van der Waals surface area contributed by atoms with Crippen molar-refractivity contribution in [1.29, 1.82) is 0 Å². The Kier molecular flexibility index (Phi) is 42.5. The fraction of sp³-hybridized carbons (Fsp3) is 0.915. The van der Waals surface area contributed by atoms with E-state index in [1.807, 2.05) is 6.08 Å². The standard InChI is InChI=1S/C71H127N3O31/c1-5-7-9-11-13-15-17-19-21-23-25-27-29-31-43(81)42(74-50(84)32-30-28-26-24-22-20-18-16-14-12-10-8-6-2)38-96-67-60(92)58(90)62(48(37-78)100-67)102-69-61(93)65(55(87)47(36-77)99-69)104-66-52(73-41(4)80)63(103-68-59(91)57(89)54(86)46(35-76)98-68)56(88)49(101-66)39-97-71(70(94)95)33-44(82)51(72-40(3)79)64(105-71)53(85)45(83)34-75/h29,31,42-49,51-69,75-78,81-83,85-93H,5-28,30,32-39H2,1-4H3,(H,72,79)(H,73,80)(H,74,84)(H,94,95)/b31-29+/t42-,43+,44?,45+,46?,47?,48?,49?,51+,52?,53+,54-,55-,56+,57-,58+,59?,60?,61?,62+,63+,64?,65-,66-,67+,68-,69-,71+/m0/s1. The molecule has 34 nitrogen and oxygen atoms in total. The van der Waals surface area contributed by atoms with Crippen LogP contribution < -0.4 is 16.0 Å². The van der Waals surface area contributed by atoms with Crippen LogP contribution in [0.5, 0.6) is 0 Å². The molecule has 0 aliphatic carbocycles. The maximum Gasteiger partial charge on any atom is 0.364 e. The summed E-state index contributed by atoms with van der Waals surface area (Å²) in [5, 5.41) is 196. The van der Waals surface area contributed by atoms with Gasteiger partial charge >= 0.3 is 5.97 Å². The van der Waals surface area contributed by atoms with Crippen molar-refractivity contribution in [1.82, 2.24) is 16.0 Å². The zero-order valence-electron chi connectivity index (χ0n) is 61.4. The van der Waals surface area contributed by atoms with Gasteiger partial charge in [0, 0.05) is 26.7 Å². The molecule has 0 saturated carbocycles. The molecule has 5 rings (SSSR count). The predicted octanol–water partition coefficient (Wildman–Crippen LogP) is -1.82. The Labute approximate surface area is 614 Å². The number of hydrogen-bond donors (Lipinski definition) is 20. The van der Waals surface area contributed by atoms with Crippen LogP contribution >= 0.6 is 0 Å². The van der Waals surface area contributed by atoms with E-state index in [0.717, 1.165) is 65.2 Å². The number of amides is 3. The van der Waals surface area contributed by atoms with E-state index in [1.54, 1.807) is 6.08 Å². The Balaban J connectivity index is 1.35. The second-order valence-corrected chi connectivity index (χ2v) is 28.6. The average molecular weight is 1520 g/mol. The topological polar surface area (TPSA) is 541 Å². The molecule has 3 amide bonds. The number of carbonyl (C=O) groups excluding carboxylic acids is 3. The van der Waals surface area contributed by atoms with Crippen LogP contribution in [0.1, 0.15) is 201 Å². The molecule has 28 atom stereocenters. The predicted molar refractivity (Wildman–Crippen MR) is 369 cm³/mol. The second-order valence-electron chi connectivity index (χ2n) is 28.6. The Hall–Kier alpha value is -3.42. The third-order valence-electron chi connectivity index (χ3n) is 20.1. The zero-order valence-corrected chi connectivity index (χ0v) is 61.4. The van der Waals surface area contributed by atoms with E-state index in [-0.39, 0.29) is 12.3 Å². The molecule has 10 unspecified atom stereocenters. The summed E-state index contributed by atoms with van der Waals surface area (Å²) in [5.74, 6) is -7.23. The van der Waals surface area contributed by atoms with Crippen LogP contribution in [0.3, 0.4) is 0 Å². The lowest BCUT2D eigenvalue weighted by Gasteiger charge is -2.51. The molecule has 0 spiro atoms. The number of carbonyl (C=O) groups is 4. The number of aliphatic hydroxyl groups excluding tert-OH is 16. The van der Waals surface area contributed by atoms with Crippen molar-refractivity contribution < 1.29 is 153 Å². The summed E-state index contributed by atoms with van der Waals surface area (Å²) >= 11 is 0. The first-order valence-corrected chi connectivity index (χ1v) is 38.1. The molecule has 0 aromatic carbocycles. The molecule has 0 aromatic heterocycles. The summed E-state index contributed by atoms with van der Waals surface area (Å²) in [6.45, 7) is 0.511. The molecule has 34 heteroatoms. The summed E-state index contributed by atoms with van der Waals surface area (Å²) < 4.78 is 59.2. The second kappa shape index (κ2) is 48.4. The number of nitrogens with one attached hydrogen (secondary N) is 3. The summed E-state index contributed by atoms with van der Waals surface area (Å²) in [6.07, 6.45) is -17.8. The Morgan fingerprint density at radius 3 is 1.49 bits per heavy atom. The quantitative estimate of drug-likeness (QED) is 0.0235. The van der Waals surface area contributed by atoms with Crippen LogP contribution in [-0.4, -0.2) is 321 Å². The van der Waals surface area contributed by atoms with Crippen LogP contribution in [0.4, 0.5) is 0 Å². The number of allylic oxidation sites excluding steroid dienone is 1. The van der Waals surface area contributed by atoms with Gasteiger partial charge in [-0.3, -0.25) is 14.4 Å². The van der Waals surface area contributed by atoms with Crippen molar-refractivity contribution in [3.05, 3.63) is 12.2 Å². The van der Waals surface area contributed by atoms with Crippen molar-refractivity contribution in [2.24, 2.45) is 0 Å². The van der Waals surface area contributed by atoms with Crippen molar-refractivity contribution in [2.75, 3.05) is 39.6 Å². The van der Waals surface area contributed by atoms with Crippen molar-refractivity contribution in [2.45, 2.75) is 372 Å². The average Bonchev–Trinajstić information content (AvgIpc) is 0.766. The Bertz CT molecular complexity index is 2460. The highest BCUT2D eigenvalue weighted by Gasteiger charge is 2.60. The fourth-order valence-electron chi connectivity index (χ4n) is 13.8. The number of carboxylic acid groups (broad SMARTS) is 1. The third kappa shape index (κ3) is 28.4. The normalized spacial score (nSPS) is 35.0. The molecule has 0 aromatic rings. The van der Waals surface area contributed by atoms with Gasteiger partial charge in [-0.15, -0.1) is 0 Å². The molecule has 105 heavy (non-hydrogen) atoms. The van der Waals surface area contributed by atoms with E-state index >= 15 is 0 Å². The van der Waals surface area contributed by atoms with Crippen LogP contribution in [0, 0.1) is 0 Å². The fourth-order valence-corrected chi connectivity index (χ4v) is 13.8. The van der Waals surface area contributed by atoms with E-state index in [2.05, 4.69) is 29.8 Å². The Morgan fingerprint density at radius 2 is 0.962 bits per heavy atom. The van der Waals surface area contributed by atoms with E-state index in [0.29, 0.717) is 12.8 Å². The number of hydrogen-bond acceptors (Lipinski definition) is 30. The van der Waals surface area contributed by atoms with Gasteiger partial charge in [0.1, 0.15) is 116 Å². The first-order valence-electron chi connectivity index (χ1n) is 38.1. The molecule has 0 bridgehead atoms. The number of carboxylic acids is 1. The maximum absolute atomic E-state index is 13.5. The lowest BCUT2D eigenvalue weighted by molar-refractivity contribution is -0.384. The smallest absolute Gasteiger partial charge is 0.364 e. The molecule has 5 saturated heterocycles. The summed E-state index contributed by atoms with van der Waals surface area (Å²) in [5.41, 5.74) is 0. The molecule has 5 fully saturated rings. The van der Waals surface area contributed by atoms with Gasteiger partial charge in [-0.05, 0) is 19.3 Å². The van der Waals surface area contributed by atoms with Crippen molar-refractivity contribution in [3.8, 4) is 0 Å². The van der Waals surface area contributed by atoms with E-state index in [4.69, 9.17) is 47.4 Å². The number of unbranched alkanes of at least 4 members (excludes halogenated alkanes) is 23. The van der Waals surface area contributed by atoms with Crippen LogP contribution in [0.15, 0.2) is 12.2 Å². The van der Waals surface area contributed by atoms with Gasteiger partial charge in [-0.2, -0.15) is 0 Å². The van der Waals surface area contributed by atoms with Gasteiger partial charge in [0.05, 0.1) is 63.9 Å². The van der Waals surface area contributed by atoms with Gasteiger partial charge in [-0.1, -0.05) is 167 Å². The minimum atomic E-state index is -3.10. The van der Waals surface area contributed by atoms with Crippen molar-refractivity contribution >= 4 is 23.7 Å². The summed E-state index contributed by atoms with van der Waals surface area (Å²) in [4.78, 5) is 52.1. The van der Waals surface area contributed by atoms with Gasteiger partial charge in [0.25, 0.3) is 5.79 Å². The molecular formula is C71H127N3O31. The highest BCUT2D eigenvalue weighted by molar-refractivity contribution is 5.77. The molecule has 0 radical (unpaired) electrons. The summed E-state index contributed by atoms with van der Waals surface area (Å²) in [6, 6.07) is -4.69. The number of aliphatic hydroxyl groups is 16. The minimum Gasteiger partial charge on any atom is -0.477 e. The molecule has 20 N–H and O–H groups in total. The highest BCUT2D eigenvalue weighted by Crippen LogP contribution is 2.38. The van der Waals surface area contributed by atoms with E-state index in [1.165, 1.54) is 96.3 Å². The molecule has 612 valence electrons. The van der Waals surface area contributed by atoms with Crippen molar-refractivity contribution in [3.63, 3.8) is 0 Å². The van der Waals surface area contributed by atoms with Crippen LogP contribution in [-0.2, 0) is 66.5 Å².